The van der Waals surface area contributed by atoms with Crippen LogP contribution in [0.4, 0.5) is 0 Å². The predicted molar refractivity (Wildman–Crippen MR) is 63.7 cm³/mol. The van der Waals surface area contributed by atoms with Gasteiger partial charge in [-0.3, -0.25) is 0 Å². The lowest BCUT2D eigenvalue weighted by Gasteiger charge is -2.46. The van der Waals surface area contributed by atoms with E-state index in [1.807, 2.05) is 0 Å². The Bertz CT molecular complexity index is 395. The van der Waals surface area contributed by atoms with Crippen LogP contribution >= 0.6 is 0 Å². The van der Waals surface area contributed by atoms with Crippen LogP contribution in [0, 0.1) is 29.1 Å². The van der Waals surface area contributed by atoms with Crippen LogP contribution in [-0.4, -0.2) is 0 Å². The molecule has 2 bridgehead atoms. The summed E-state index contributed by atoms with van der Waals surface area (Å²) in [6.45, 7) is 0. The van der Waals surface area contributed by atoms with Crippen LogP contribution in [0.15, 0.2) is 30.3 Å². The van der Waals surface area contributed by atoms with Gasteiger partial charge in [0.15, 0.2) is 0 Å². The minimum absolute atomic E-state index is 0.273. The summed E-state index contributed by atoms with van der Waals surface area (Å²) in [6, 6.07) is 13.3. The van der Waals surface area contributed by atoms with Crippen molar-refractivity contribution in [3.05, 3.63) is 35.9 Å². The maximum absolute atomic E-state index is 9.39. The van der Waals surface area contributed by atoms with Crippen molar-refractivity contribution < 1.29 is 0 Å². The Kier molecular flexibility index (Phi) is 2.44. The maximum atomic E-state index is 9.39. The van der Waals surface area contributed by atoms with Crippen LogP contribution in [0.25, 0.3) is 0 Å². The monoisotopic (exact) mass is 211 g/mol. The summed E-state index contributed by atoms with van der Waals surface area (Å²) >= 11 is 0. The van der Waals surface area contributed by atoms with Gasteiger partial charge in [0.25, 0.3) is 0 Å². The Morgan fingerprint density at radius 1 is 0.938 bits per heavy atom. The van der Waals surface area contributed by atoms with Crippen molar-refractivity contribution in [1.29, 1.82) is 5.26 Å². The highest BCUT2D eigenvalue weighted by Gasteiger charge is 2.44. The van der Waals surface area contributed by atoms with E-state index in [-0.39, 0.29) is 5.92 Å². The minimum Gasteiger partial charge on any atom is -0.198 e. The van der Waals surface area contributed by atoms with Crippen molar-refractivity contribution in [3.63, 3.8) is 0 Å². The van der Waals surface area contributed by atoms with Gasteiger partial charge in [0.1, 0.15) is 0 Å². The quantitative estimate of drug-likeness (QED) is 0.694. The van der Waals surface area contributed by atoms with Crippen molar-refractivity contribution in [2.45, 2.75) is 31.6 Å². The standard InChI is InChI=1S/C15H17N/c16-10-14-11-6-8-13(9-7-11)15(14)12-4-2-1-3-5-12/h1-5,11,13-15H,6-9H2. The van der Waals surface area contributed by atoms with Gasteiger partial charge in [0, 0.05) is 5.92 Å². The number of fused-ring (bicyclic) bond motifs is 3. The van der Waals surface area contributed by atoms with E-state index in [2.05, 4.69) is 36.4 Å². The van der Waals surface area contributed by atoms with E-state index < -0.39 is 0 Å². The third-order valence-electron chi connectivity index (χ3n) is 4.55. The number of hydrogen-bond acceptors (Lipinski definition) is 1. The summed E-state index contributed by atoms with van der Waals surface area (Å²) in [5, 5.41) is 9.39. The molecule has 4 rings (SSSR count). The first kappa shape index (κ1) is 9.90. The van der Waals surface area contributed by atoms with Gasteiger partial charge in [-0.15, -0.1) is 0 Å². The molecule has 1 aromatic carbocycles. The van der Waals surface area contributed by atoms with E-state index in [4.69, 9.17) is 0 Å². The van der Waals surface area contributed by atoms with Gasteiger partial charge in [-0.2, -0.15) is 5.26 Å². The average molecular weight is 211 g/mol. The second kappa shape index (κ2) is 3.94. The Balaban J connectivity index is 1.97. The van der Waals surface area contributed by atoms with E-state index in [0.717, 1.165) is 5.92 Å². The number of benzene rings is 1. The summed E-state index contributed by atoms with van der Waals surface area (Å²) in [4.78, 5) is 0. The van der Waals surface area contributed by atoms with Crippen LogP contribution in [0.1, 0.15) is 37.2 Å². The molecule has 3 saturated carbocycles. The molecule has 1 aromatic rings. The predicted octanol–water partition coefficient (Wildman–Crippen LogP) is 3.73. The molecule has 2 unspecified atom stereocenters. The van der Waals surface area contributed by atoms with Gasteiger partial charge < -0.3 is 0 Å². The van der Waals surface area contributed by atoms with E-state index in [9.17, 15) is 5.26 Å². The zero-order valence-corrected chi connectivity index (χ0v) is 9.47. The first-order valence-corrected chi connectivity index (χ1v) is 6.34. The zero-order valence-electron chi connectivity index (χ0n) is 9.47. The van der Waals surface area contributed by atoms with Crippen molar-refractivity contribution in [2.75, 3.05) is 0 Å². The molecule has 0 saturated heterocycles. The summed E-state index contributed by atoms with van der Waals surface area (Å²) in [6.07, 6.45) is 5.24. The molecule has 0 aliphatic heterocycles. The molecule has 3 aliphatic rings. The third-order valence-corrected chi connectivity index (χ3v) is 4.55. The van der Waals surface area contributed by atoms with Gasteiger partial charge in [0.05, 0.1) is 12.0 Å². The molecule has 0 spiro atoms. The maximum Gasteiger partial charge on any atom is 0.0665 e. The second-order valence-electron chi connectivity index (χ2n) is 5.27. The molecule has 0 aromatic heterocycles. The molecular formula is C15H17N. The van der Waals surface area contributed by atoms with Gasteiger partial charge in [0.2, 0.25) is 0 Å². The first-order chi connectivity index (χ1) is 7.90. The second-order valence-corrected chi connectivity index (χ2v) is 5.27. The molecule has 0 amide bonds. The van der Waals surface area contributed by atoms with Gasteiger partial charge in [-0.1, -0.05) is 30.3 Å². The summed E-state index contributed by atoms with van der Waals surface area (Å²) in [5.74, 6) is 2.21. The van der Waals surface area contributed by atoms with E-state index in [0.29, 0.717) is 11.8 Å². The average Bonchev–Trinajstić information content (AvgIpc) is 2.40. The largest absolute Gasteiger partial charge is 0.198 e. The van der Waals surface area contributed by atoms with Crippen molar-refractivity contribution in [1.82, 2.24) is 0 Å². The van der Waals surface area contributed by atoms with Crippen LogP contribution in [0.2, 0.25) is 0 Å². The van der Waals surface area contributed by atoms with Crippen LogP contribution in [0.3, 0.4) is 0 Å². The minimum atomic E-state index is 0.273. The molecule has 3 aliphatic carbocycles. The summed E-state index contributed by atoms with van der Waals surface area (Å²) in [7, 11) is 0. The van der Waals surface area contributed by atoms with E-state index >= 15 is 0 Å². The Morgan fingerprint density at radius 3 is 2.19 bits per heavy atom. The SMILES string of the molecule is N#CC1C2CCC(CC2)C1c1ccccc1. The molecular weight excluding hydrogens is 194 g/mol. The first-order valence-electron chi connectivity index (χ1n) is 6.34. The smallest absolute Gasteiger partial charge is 0.0665 e. The fourth-order valence-corrected chi connectivity index (χ4v) is 3.79. The Hall–Kier alpha value is -1.29. The molecule has 1 nitrogen and oxygen atoms in total. The van der Waals surface area contributed by atoms with Crippen molar-refractivity contribution in [2.24, 2.45) is 17.8 Å². The van der Waals surface area contributed by atoms with Crippen molar-refractivity contribution in [3.8, 4) is 6.07 Å². The summed E-state index contributed by atoms with van der Waals surface area (Å²) in [5.41, 5.74) is 1.39. The molecule has 0 heterocycles. The van der Waals surface area contributed by atoms with Crippen molar-refractivity contribution >= 4 is 0 Å². The highest BCUT2D eigenvalue weighted by atomic mass is 14.5. The third kappa shape index (κ3) is 1.45. The zero-order chi connectivity index (χ0) is 11.0. The van der Waals surface area contributed by atoms with Crippen LogP contribution in [0.5, 0.6) is 0 Å². The lowest BCUT2D eigenvalue weighted by atomic mass is 9.57. The van der Waals surface area contributed by atoms with E-state index in [1.165, 1.54) is 31.2 Å². The normalized spacial score (nSPS) is 36.9. The summed E-state index contributed by atoms with van der Waals surface area (Å²) < 4.78 is 0. The topological polar surface area (TPSA) is 23.8 Å². The van der Waals surface area contributed by atoms with Gasteiger partial charge >= 0.3 is 0 Å². The fourth-order valence-electron chi connectivity index (χ4n) is 3.79. The lowest BCUT2D eigenvalue weighted by Crippen LogP contribution is -2.37. The number of nitriles is 1. The molecule has 0 N–H and O–H groups in total. The lowest BCUT2D eigenvalue weighted by molar-refractivity contribution is 0.100. The number of rotatable bonds is 1. The Morgan fingerprint density at radius 2 is 1.56 bits per heavy atom. The fraction of sp³-hybridized carbons (Fsp3) is 0.533. The molecule has 2 atom stereocenters. The highest BCUT2D eigenvalue weighted by molar-refractivity contribution is 5.25. The Labute approximate surface area is 97.1 Å². The molecule has 0 radical (unpaired) electrons. The van der Waals surface area contributed by atoms with Crippen LogP contribution in [-0.2, 0) is 0 Å². The molecule has 3 fully saturated rings. The molecule has 16 heavy (non-hydrogen) atoms. The number of hydrogen-bond donors (Lipinski definition) is 0. The van der Waals surface area contributed by atoms with Gasteiger partial charge in [-0.05, 0) is 43.1 Å². The highest BCUT2D eigenvalue weighted by Crippen LogP contribution is 2.52. The number of nitrogens with zero attached hydrogens (tertiary/aromatic N) is 1. The van der Waals surface area contributed by atoms with E-state index in [1.54, 1.807) is 0 Å². The van der Waals surface area contributed by atoms with Crippen LogP contribution < -0.4 is 0 Å². The van der Waals surface area contributed by atoms with Gasteiger partial charge in [-0.25, -0.2) is 0 Å². The molecule has 1 heteroatoms. The molecule has 82 valence electrons.